The van der Waals surface area contributed by atoms with Crippen molar-refractivity contribution in [2.24, 2.45) is 11.8 Å². The summed E-state index contributed by atoms with van der Waals surface area (Å²) in [5, 5.41) is 4.97. The monoisotopic (exact) mass is 442 g/mol. The predicted molar refractivity (Wildman–Crippen MR) is 128 cm³/mol. The van der Waals surface area contributed by atoms with E-state index in [2.05, 4.69) is 56.3 Å². The van der Waals surface area contributed by atoms with Crippen LogP contribution in [0.5, 0.6) is 5.75 Å². The molecular weight excluding hydrogens is 404 g/mol. The maximum atomic E-state index is 6.60. The summed E-state index contributed by atoms with van der Waals surface area (Å²) in [6, 6.07) is 8.17. The van der Waals surface area contributed by atoms with Gasteiger partial charge in [-0.3, -0.25) is 4.98 Å². The Hall–Kier alpha value is -1.47. The highest BCUT2D eigenvalue weighted by Crippen LogP contribution is 2.46. The van der Waals surface area contributed by atoms with Crippen LogP contribution < -0.4 is 10.1 Å². The number of ether oxygens (including phenoxy) is 2. The lowest BCUT2D eigenvalue weighted by Crippen LogP contribution is -2.46. The molecule has 0 saturated carbocycles. The lowest BCUT2D eigenvalue weighted by Gasteiger charge is -2.39. The summed E-state index contributed by atoms with van der Waals surface area (Å²) in [6.07, 6.45) is 4.64. The van der Waals surface area contributed by atoms with E-state index in [0.717, 1.165) is 42.8 Å². The zero-order valence-electron chi connectivity index (χ0n) is 19.9. The molecule has 3 heterocycles. The number of pyridine rings is 1. The molecule has 1 aromatic carbocycles. The number of benzene rings is 1. The molecule has 2 aliphatic heterocycles. The van der Waals surface area contributed by atoms with Crippen molar-refractivity contribution in [3.8, 4) is 5.75 Å². The number of rotatable bonds is 7. The van der Waals surface area contributed by atoms with Gasteiger partial charge in [0.15, 0.2) is 8.32 Å². The van der Waals surface area contributed by atoms with Crippen molar-refractivity contribution in [2.45, 2.75) is 64.0 Å². The second-order valence-electron chi connectivity index (χ2n) is 10.7. The summed E-state index contributed by atoms with van der Waals surface area (Å²) in [5.41, 5.74) is 2.23. The minimum atomic E-state index is -1.73. The van der Waals surface area contributed by atoms with Crippen molar-refractivity contribution in [2.75, 3.05) is 26.8 Å². The Balaban J connectivity index is 1.42. The van der Waals surface area contributed by atoms with Gasteiger partial charge in [-0.2, -0.15) is 0 Å². The first-order chi connectivity index (χ1) is 14.7. The van der Waals surface area contributed by atoms with Crippen molar-refractivity contribution in [1.82, 2.24) is 10.3 Å². The first kappa shape index (κ1) is 22.7. The van der Waals surface area contributed by atoms with Gasteiger partial charge in [0.25, 0.3) is 0 Å². The van der Waals surface area contributed by atoms with Gasteiger partial charge in [-0.1, -0.05) is 20.8 Å². The number of fused-ring (bicyclic) bond motifs is 1. The molecular formula is C25H38N2O3Si. The Kier molecular flexibility index (Phi) is 6.46. The van der Waals surface area contributed by atoms with E-state index in [9.17, 15) is 0 Å². The zero-order valence-corrected chi connectivity index (χ0v) is 20.9. The number of hydrogen-bond acceptors (Lipinski definition) is 5. The van der Waals surface area contributed by atoms with Crippen molar-refractivity contribution in [3.05, 3.63) is 36.0 Å². The summed E-state index contributed by atoms with van der Waals surface area (Å²) < 4.78 is 18.2. The Morgan fingerprint density at radius 1 is 1.19 bits per heavy atom. The highest BCUT2D eigenvalue weighted by molar-refractivity contribution is 6.74. The summed E-state index contributed by atoms with van der Waals surface area (Å²) >= 11 is 0. The highest BCUT2D eigenvalue weighted by Gasteiger charge is 2.44. The van der Waals surface area contributed by atoms with E-state index in [1.54, 1.807) is 7.11 Å². The fourth-order valence-corrected chi connectivity index (χ4v) is 5.49. The molecule has 0 amide bonds. The van der Waals surface area contributed by atoms with Gasteiger partial charge in [0.2, 0.25) is 0 Å². The number of hydrogen-bond donors (Lipinski definition) is 1. The second-order valence-corrected chi connectivity index (χ2v) is 15.5. The van der Waals surface area contributed by atoms with Crippen molar-refractivity contribution < 1.29 is 13.9 Å². The predicted octanol–water partition coefficient (Wildman–Crippen LogP) is 5.32. The van der Waals surface area contributed by atoms with E-state index in [-0.39, 0.29) is 17.2 Å². The first-order valence-electron chi connectivity index (χ1n) is 11.6. The molecule has 2 saturated heterocycles. The zero-order chi connectivity index (χ0) is 22.2. The molecule has 4 atom stereocenters. The molecule has 170 valence electrons. The van der Waals surface area contributed by atoms with Crippen molar-refractivity contribution in [1.29, 1.82) is 0 Å². The van der Waals surface area contributed by atoms with Crippen LogP contribution in [-0.4, -0.2) is 46.2 Å². The van der Waals surface area contributed by atoms with Gasteiger partial charge in [-0.15, -0.1) is 0 Å². The molecule has 0 spiro atoms. The van der Waals surface area contributed by atoms with Gasteiger partial charge in [-0.25, -0.2) is 0 Å². The fourth-order valence-electron chi connectivity index (χ4n) is 4.43. The Morgan fingerprint density at radius 3 is 2.74 bits per heavy atom. The molecule has 2 fully saturated rings. The molecule has 0 radical (unpaired) electrons. The van der Waals surface area contributed by atoms with E-state index >= 15 is 0 Å². The number of nitrogens with zero attached hydrogens (tertiary/aromatic N) is 1. The molecule has 5 nitrogen and oxygen atoms in total. The average molecular weight is 443 g/mol. The molecule has 2 aliphatic rings. The summed E-state index contributed by atoms with van der Waals surface area (Å²) in [7, 11) is -0.0213. The van der Waals surface area contributed by atoms with Gasteiger partial charge in [-0.05, 0) is 79.2 Å². The van der Waals surface area contributed by atoms with Crippen LogP contribution in [0.3, 0.4) is 0 Å². The van der Waals surface area contributed by atoms with E-state index in [1.807, 2.05) is 18.3 Å². The Labute approximate surface area is 188 Å². The van der Waals surface area contributed by atoms with Crippen LogP contribution in [0, 0.1) is 11.8 Å². The number of aromatic nitrogens is 1. The van der Waals surface area contributed by atoms with Crippen LogP contribution in [0.4, 0.5) is 0 Å². The van der Waals surface area contributed by atoms with Gasteiger partial charge in [0.1, 0.15) is 11.9 Å². The van der Waals surface area contributed by atoms with Crippen LogP contribution in [-0.2, 0) is 9.16 Å². The summed E-state index contributed by atoms with van der Waals surface area (Å²) in [6.45, 7) is 14.6. The van der Waals surface area contributed by atoms with Gasteiger partial charge < -0.3 is 19.2 Å². The smallest absolute Gasteiger partial charge is 0.191 e. The first-order valence-corrected chi connectivity index (χ1v) is 14.5. The summed E-state index contributed by atoms with van der Waals surface area (Å²) in [4.78, 5) is 4.52. The quantitative estimate of drug-likeness (QED) is 0.464. The van der Waals surface area contributed by atoms with E-state index in [1.165, 1.54) is 12.0 Å². The van der Waals surface area contributed by atoms with Gasteiger partial charge >= 0.3 is 0 Å². The van der Waals surface area contributed by atoms with Crippen LogP contribution in [0.15, 0.2) is 30.5 Å². The van der Waals surface area contributed by atoms with Crippen molar-refractivity contribution >= 4 is 19.2 Å². The van der Waals surface area contributed by atoms with E-state index < -0.39 is 8.32 Å². The molecule has 0 unspecified atom stereocenters. The Morgan fingerprint density at radius 2 is 2.00 bits per heavy atom. The molecule has 4 rings (SSSR count). The highest BCUT2D eigenvalue weighted by atomic mass is 28.4. The lowest BCUT2D eigenvalue weighted by atomic mass is 9.83. The van der Waals surface area contributed by atoms with Crippen molar-refractivity contribution in [3.63, 3.8) is 0 Å². The number of methoxy groups -OCH3 is 1. The standard InChI is InChI=1S/C25H38N2O3Si/c1-25(2,3)31(5,6)29-16-18-15-26-11-9-17(18)13-23-24(30-23)20-10-12-27-22-8-7-19(28-4)14-21(20)22/h7-8,10,12,14,17-18,23-24,26H,9,11,13,15-16H2,1-6H3/t17-,18+,23+,24+/m0/s1. The van der Waals surface area contributed by atoms with Gasteiger partial charge in [0.05, 0.1) is 18.7 Å². The number of piperidine rings is 1. The third-order valence-electron chi connectivity index (χ3n) is 7.64. The van der Waals surface area contributed by atoms with Crippen LogP contribution in [0.1, 0.15) is 45.3 Å². The third-order valence-corrected chi connectivity index (χ3v) is 12.1. The maximum Gasteiger partial charge on any atom is 0.191 e. The average Bonchev–Trinajstić information content (AvgIpc) is 3.50. The topological polar surface area (TPSA) is 55.9 Å². The SMILES string of the molecule is COc1ccc2nccc([C@H]3O[C@@H]3C[C@@H]3CCNC[C@@H]3CO[Si](C)(C)C(C)(C)C)c2c1. The number of nitrogens with one attached hydrogen (secondary N) is 1. The minimum Gasteiger partial charge on any atom is -0.497 e. The molecule has 0 bridgehead atoms. The van der Waals surface area contributed by atoms with Crippen LogP contribution in [0.2, 0.25) is 18.1 Å². The van der Waals surface area contributed by atoms with Crippen LogP contribution >= 0.6 is 0 Å². The fraction of sp³-hybridized carbons (Fsp3) is 0.640. The van der Waals surface area contributed by atoms with Crippen LogP contribution in [0.25, 0.3) is 10.9 Å². The molecule has 0 aliphatic carbocycles. The molecule has 31 heavy (non-hydrogen) atoms. The minimum absolute atomic E-state index is 0.162. The molecule has 2 aromatic rings. The molecule has 1 N–H and O–H groups in total. The third kappa shape index (κ3) is 4.97. The Bertz CT molecular complexity index is 911. The second kappa shape index (κ2) is 8.81. The summed E-state index contributed by atoms with van der Waals surface area (Å²) in [5.74, 6) is 2.06. The molecule has 1 aromatic heterocycles. The number of epoxide rings is 1. The normalized spacial score (nSPS) is 26.8. The van der Waals surface area contributed by atoms with Gasteiger partial charge in [0, 0.05) is 24.7 Å². The molecule has 6 heteroatoms. The largest absolute Gasteiger partial charge is 0.497 e. The van der Waals surface area contributed by atoms with E-state index in [4.69, 9.17) is 13.9 Å². The van der Waals surface area contributed by atoms with E-state index in [0.29, 0.717) is 11.8 Å². The lowest BCUT2D eigenvalue weighted by molar-refractivity contribution is 0.137. The maximum absolute atomic E-state index is 6.60.